The molecule has 1 saturated carbocycles. The third-order valence-corrected chi connectivity index (χ3v) is 3.11. The van der Waals surface area contributed by atoms with Gasteiger partial charge in [-0.2, -0.15) is 0 Å². The highest BCUT2D eigenvalue weighted by Gasteiger charge is 2.33. The first-order chi connectivity index (χ1) is 8.69. The zero-order chi connectivity index (χ0) is 13.0. The van der Waals surface area contributed by atoms with Gasteiger partial charge in [-0.15, -0.1) is 0 Å². The van der Waals surface area contributed by atoms with Crippen molar-refractivity contribution in [1.82, 2.24) is 10.6 Å². The van der Waals surface area contributed by atoms with Gasteiger partial charge in [-0.1, -0.05) is 19.1 Å². The summed E-state index contributed by atoms with van der Waals surface area (Å²) in [6, 6.07) is 7.78. The third kappa shape index (κ3) is 3.65. The van der Waals surface area contributed by atoms with Crippen molar-refractivity contribution in [2.45, 2.75) is 32.9 Å². The Morgan fingerprint density at radius 1 is 1.50 bits per heavy atom. The molecule has 98 valence electrons. The summed E-state index contributed by atoms with van der Waals surface area (Å²) >= 11 is 0. The summed E-state index contributed by atoms with van der Waals surface area (Å²) < 4.78 is 0. The van der Waals surface area contributed by atoms with Gasteiger partial charge in [0.05, 0.1) is 6.54 Å². The van der Waals surface area contributed by atoms with E-state index in [1.54, 1.807) is 12.1 Å². The van der Waals surface area contributed by atoms with Crippen LogP contribution in [0.5, 0.6) is 5.75 Å². The number of phenols is 1. The van der Waals surface area contributed by atoms with Crippen LogP contribution in [0.4, 0.5) is 0 Å². The maximum Gasteiger partial charge on any atom is 0.191 e. The lowest BCUT2D eigenvalue weighted by atomic mass is 10.2. The molecule has 1 aromatic carbocycles. The van der Waals surface area contributed by atoms with Gasteiger partial charge in [0.2, 0.25) is 0 Å². The van der Waals surface area contributed by atoms with Gasteiger partial charge >= 0.3 is 0 Å². The van der Waals surface area contributed by atoms with E-state index in [2.05, 4.69) is 29.5 Å². The van der Waals surface area contributed by atoms with Crippen molar-refractivity contribution >= 4 is 5.96 Å². The van der Waals surface area contributed by atoms with Gasteiger partial charge < -0.3 is 15.7 Å². The molecule has 3 N–H and O–H groups in total. The maximum atomic E-state index is 9.39. The Hall–Kier alpha value is -1.71. The number of nitrogens with one attached hydrogen (secondary N) is 2. The smallest absolute Gasteiger partial charge is 0.191 e. The molecule has 2 unspecified atom stereocenters. The molecule has 1 aliphatic carbocycles. The molecule has 4 heteroatoms. The highest BCUT2D eigenvalue weighted by molar-refractivity contribution is 5.80. The Bertz CT molecular complexity index is 431. The minimum absolute atomic E-state index is 0.288. The Morgan fingerprint density at radius 2 is 2.28 bits per heavy atom. The van der Waals surface area contributed by atoms with Crippen LogP contribution in [0, 0.1) is 5.92 Å². The third-order valence-electron chi connectivity index (χ3n) is 3.11. The van der Waals surface area contributed by atoms with Crippen LogP contribution in [-0.2, 0) is 6.54 Å². The van der Waals surface area contributed by atoms with Crippen molar-refractivity contribution < 1.29 is 5.11 Å². The zero-order valence-electron chi connectivity index (χ0n) is 11.0. The predicted octanol–water partition coefficient (Wildman–Crippen LogP) is 1.86. The van der Waals surface area contributed by atoms with Gasteiger partial charge in [0, 0.05) is 12.6 Å². The van der Waals surface area contributed by atoms with E-state index in [0.29, 0.717) is 12.6 Å². The standard InChI is InChI=1S/C14H21N3O/c1-3-15-14(17-13-7-10(13)2)16-9-11-5-4-6-12(18)8-11/h4-6,8,10,13,18H,3,7,9H2,1-2H3,(H2,15,16,17). The summed E-state index contributed by atoms with van der Waals surface area (Å²) in [6.45, 7) is 5.72. The van der Waals surface area contributed by atoms with Crippen molar-refractivity contribution in [1.29, 1.82) is 0 Å². The van der Waals surface area contributed by atoms with E-state index < -0.39 is 0 Å². The number of rotatable bonds is 4. The number of aliphatic imine (C=N–C) groups is 1. The Kier molecular flexibility index (Phi) is 4.07. The van der Waals surface area contributed by atoms with E-state index in [0.717, 1.165) is 24.0 Å². The quantitative estimate of drug-likeness (QED) is 0.562. The van der Waals surface area contributed by atoms with Crippen LogP contribution >= 0.6 is 0 Å². The van der Waals surface area contributed by atoms with Crippen molar-refractivity contribution in [3.8, 4) is 5.75 Å². The Balaban J connectivity index is 1.94. The minimum Gasteiger partial charge on any atom is -0.508 e. The van der Waals surface area contributed by atoms with Gasteiger partial charge in [0.25, 0.3) is 0 Å². The molecule has 2 rings (SSSR count). The molecule has 0 aromatic heterocycles. The second kappa shape index (κ2) is 5.76. The summed E-state index contributed by atoms with van der Waals surface area (Å²) in [5.74, 6) is 1.89. The highest BCUT2D eigenvalue weighted by Crippen LogP contribution is 2.28. The first kappa shape index (κ1) is 12.7. The molecule has 18 heavy (non-hydrogen) atoms. The summed E-state index contributed by atoms with van der Waals surface area (Å²) in [4.78, 5) is 4.52. The van der Waals surface area contributed by atoms with Crippen LogP contribution in [0.2, 0.25) is 0 Å². The van der Waals surface area contributed by atoms with Gasteiger partial charge in [-0.05, 0) is 37.0 Å². The van der Waals surface area contributed by atoms with Crippen LogP contribution in [0.3, 0.4) is 0 Å². The maximum absolute atomic E-state index is 9.39. The average Bonchev–Trinajstić information content (AvgIpc) is 3.02. The summed E-state index contributed by atoms with van der Waals surface area (Å²) in [6.07, 6.45) is 1.22. The zero-order valence-corrected chi connectivity index (χ0v) is 11.0. The molecule has 0 radical (unpaired) electrons. The molecule has 0 spiro atoms. The van der Waals surface area contributed by atoms with Crippen LogP contribution in [0.25, 0.3) is 0 Å². The monoisotopic (exact) mass is 247 g/mol. The molecule has 0 heterocycles. The molecule has 2 atom stereocenters. The van der Waals surface area contributed by atoms with Crippen LogP contribution < -0.4 is 10.6 Å². The lowest BCUT2D eigenvalue weighted by molar-refractivity contribution is 0.474. The number of benzene rings is 1. The molecule has 1 fully saturated rings. The lowest BCUT2D eigenvalue weighted by Gasteiger charge is -2.10. The normalized spacial score (nSPS) is 22.7. The summed E-state index contributed by atoms with van der Waals surface area (Å²) in [7, 11) is 0. The van der Waals surface area contributed by atoms with Crippen molar-refractivity contribution in [2.75, 3.05) is 6.54 Å². The summed E-state index contributed by atoms with van der Waals surface area (Å²) in [5.41, 5.74) is 1.01. The first-order valence-electron chi connectivity index (χ1n) is 6.51. The lowest BCUT2D eigenvalue weighted by Crippen LogP contribution is -2.39. The predicted molar refractivity (Wildman–Crippen MR) is 73.6 cm³/mol. The molecular formula is C14H21N3O. The second-order valence-corrected chi connectivity index (χ2v) is 4.83. The number of phenolic OH excluding ortho intramolecular Hbond substituents is 1. The molecule has 4 nitrogen and oxygen atoms in total. The fourth-order valence-corrected chi connectivity index (χ4v) is 1.84. The van der Waals surface area contributed by atoms with Gasteiger partial charge in [0.15, 0.2) is 5.96 Å². The molecule has 0 aliphatic heterocycles. The van der Waals surface area contributed by atoms with Gasteiger partial charge in [-0.3, -0.25) is 0 Å². The molecule has 0 saturated heterocycles. The van der Waals surface area contributed by atoms with Gasteiger partial charge in [-0.25, -0.2) is 4.99 Å². The number of hydrogen-bond acceptors (Lipinski definition) is 2. The molecule has 1 aliphatic rings. The number of nitrogens with zero attached hydrogens (tertiary/aromatic N) is 1. The fraction of sp³-hybridized carbons (Fsp3) is 0.500. The van der Waals surface area contributed by atoms with Gasteiger partial charge in [0.1, 0.15) is 5.75 Å². The van der Waals surface area contributed by atoms with Crippen LogP contribution in [0.1, 0.15) is 25.8 Å². The number of guanidine groups is 1. The molecule has 0 bridgehead atoms. The minimum atomic E-state index is 0.288. The molecular weight excluding hydrogens is 226 g/mol. The number of hydrogen-bond donors (Lipinski definition) is 3. The second-order valence-electron chi connectivity index (χ2n) is 4.83. The Labute approximate surface area is 108 Å². The van der Waals surface area contributed by atoms with Crippen LogP contribution in [0.15, 0.2) is 29.3 Å². The van der Waals surface area contributed by atoms with E-state index in [-0.39, 0.29) is 5.75 Å². The summed E-state index contributed by atoms with van der Waals surface area (Å²) in [5, 5.41) is 16.0. The largest absolute Gasteiger partial charge is 0.508 e. The van der Waals surface area contributed by atoms with Crippen molar-refractivity contribution in [3.05, 3.63) is 29.8 Å². The first-order valence-corrected chi connectivity index (χ1v) is 6.51. The highest BCUT2D eigenvalue weighted by atomic mass is 16.3. The van der Waals surface area contributed by atoms with E-state index in [1.165, 1.54) is 6.42 Å². The molecule has 1 aromatic rings. The van der Waals surface area contributed by atoms with Crippen LogP contribution in [-0.4, -0.2) is 23.7 Å². The van der Waals surface area contributed by atoms with Crippen molar-refractivity contribution in [3.63, 3.8) is 0 Å². The van der Waals surface area contributed by atoms with E-state index in [4.69, 9.17) is 0 Å². The fourth-order valence-electron chi connectivity index (χ4n) is 1.84. The van der Waals surface area contributed by atoms with Crippen molar-refractivity contribution in [2.24, 2.45) is 10.9 Å². The molecule has 0 amide bonds. The number of aromatic hydroxyl groups is 1. The van der Waals surface area contributed by atoms with E-state index in [1.807, 2.05) is 12.1 Å². The average molecular weight is 247 g/mol. The topological polar surface area (TPSA) is 56.7 Å². The SMILES string of the molecule is CCNC(=NCc1cccc(O)c1)NC1CC1C. The van der Waals surface area contributed by atoms with E-state index in [9.17, 15) is 5.11 Å². The Morgan fingerprint density at radius 3 is 2.89 bits per heavy atom. The van der Waals surface area contributed by atoms with E-state index >= 15 is 0 Å².